The van der Waals surface area contributed by atoms with Gasteiger partial charge in [0.15, 0.2) is 0 Å². The molecule has 4 aromatic rings. The average molecular weight is 573 g/mol. The number of aromatic nitrogens is 1. The van der Waals surface area contributed by atoms with Gasteiger partial charge < -0.3 is 9.47 Å². The Bertz CT molecular complexity index is 1620. The first-order chi connectivity index (χ1) is 18.2. The maximum absolute atomic E-state index is 13.5. The van der Waals surface area contributed by atoms with Crippen LogP contribution in [-0.4, -0.2) is 46.3 Å². The molecule has 3 aromatic carbocycles. The third-order valence-corrected chi connectivity index (χ3v) is 7.74. The predicted molar refractivity (Wildman–Crippen MR) is 148 cm³/mol. The number of sulfonamides is 1. The highest BCUT2D eigenvalue weighted by atomic mass is 35.5. The van der Waals surface area contributed by atoms with Crippen LogP contribution in [0.25, 0.3) is 10.9 Å². The number of ether oxygens (including phenoxy) is 2. The van der Waals surface area contributed by atoms with Crippen LogP contribution in [0, 0.1) is 0 Å². The number of rotatable bonds is 9. The number of benzene rings is 3. The molecule has 38 heavy (non-hydrogen) atoms. The van der Waals surface area contributed by atoms with Gasteiger partial charge in [-0.3, -0.25) is 9.10 Å². The van der Waals surface area contributed by atoms with E-state index in [1.165, 1.54) is 37.6 Å². The van der Waals surface area contributed by atoms with Gasteiger partial charge in [-0.15, -0.1) is 0 Å². The van der Waals surface area contributed by atoms with Gasteiger partial charge in [0.1, 0.15) is 23.2 Å². The van der Waals surface area contributed by atoms with Crippen LogP contribution in [0.3, 0.4) is 0 Å². The standard InChI is InChI=1S/C26H22Cl2N4O5S/c1-36-20-10-8-17-12-18(26(28)30-22(17)14-20)15-29-31-25(33)16-32(23-13-19(27)9-11-24(23)37-2)38(34,35)21-6-4-3-5-7-21/h3-15H,16H2,1-2H3,(H,31,33)/b29-15-. The van der Waals surface area contributed by atoms with E-state index in [0.29, 0.717) is 16.8 Å². The zero-order valence-electron chi connectivity index (χ0n) is 20.3. The van der Waals surface area contributed by atoms with E-state index in [4.69, 9.17) is 32.7 Å². The quantitative estimate of drug-likeness (QED) is 0.173. The molecule has 1 aromatic heterocycles. The molecule has 1 N–H and O–H groups in total. The molecule has 0 unspecified atom stereocenters. The summed E-state index contributed by atoms with van der Waals surface area (Å²) < 4.78 is 38.5. The third kappa shape index (κ3) is 5.99. The van der Waals surface area contributed by atoms with Crippen molar-refractivity contribution in [2.75, 3.05) is 25.1 Å². The first kappa shape index (κ1) is 27.2. The number of hydrogen-bond acceptors (Lipinski definition) is 7. The minimum absolute atomic E-state index is 0.0102. The van der Waals surface area contributed by atoms with Crippen LogP contribution in [0.5, 0.6) is 11.5 Å². The monoisotopic (exact) mass is 572 g/mol. The number of hydrazone groups is 1. The Morgan fingerprint density at radius 2 is 1.79 bits per heavy atom. The fourth-order valence-corrected chi connectivity index (χ4v) is 5.38. The van der Waals surface area contributed by atoms with E-state index in [2.05, 4.69) is 15.5 Å². The van der Waals surface area contributed by atoms with Gasteiger partial charge >= 0.3 is 0 Å². The van der Waals surface area contributed by atoms with Crippen LogP contribution in [0.4, 0.5) is 5.69 Å². The van der Waals surface area contributed by atoms with Gasteiger partial charge in [0.25, 0.3) is 15.9 Å². The number of carbonyl (C=O) groups excluding carboxylic acids is 1. The van der Waals surface area contributed by atoms with E-state index in [0.717, 1.165) is 9.69 Å². The summed E-state index contributed by atoms with van der Waals surface area (Å²) in [6.07, 6.45) is 1.33. The van der Waals surface area contributed by atoms with Crippen molar-refractivity contribution in [3.05, 3.63) is 88.5 Å². The molecule has 12 heteroatoms. The van der Waals surface area contributed by atoms with Crippen LogP contribution in [-0.2, 0) is 14.8 Å². The number of pyridine rings is 1. The van der Waals surface area contributed by atoms with Crippen molar-refractivity contribution < 1.29 is 22.7 Å². The minimum atomic E-state index is -4.17. The van der Waals surface area contributed by atoms with Gasteiger partial charge in [-0.2, -0.15) is 5.10 Å². The molecule has 0 spiro atoms. The fraction of sp³-hybridized carbons (Fsp3) is 0.115. The molecule has 1 heterocycles. The van der Waals surface area contributed by atoms with Crippen LogP contribution in [0.2, 0.25) is 10.2 Å². The number of amides is 1. The van der Waals surface area contributed by atoms with E-state index >= 15 is 0 Å². The first-order valence-electron chi connectivity index (χ1n) is 11.1. The lowest BCUT2D eigenvalue weighted by Crippen LogP contribution is -2.39. The van der Waals surface area contributed by atoms with Gasteiger partial charge in [0.2, 0.25) is 0 Å². The maximum atomic E-state index is 13.5. The molecule has 4 rings (SSSR count). The second kappa shape index (κ2) is 11.7. The first-order valence-corrected chi connectivity index (χ1v) is 13.3. The molecular formula is C26H22Cl2N4O5S. The van der Waals surface area contributed by atoms with Crippen LogP contribution in [0.1, 0.15) is 5.56 Å². The molecular weight excluding hydrogens is 551 g/mol. The van der Waals surface area contributed by atoms with Crippen molar-refractivity contribution >= 4 is 61.9 Å². The van der Waals surface area contributed by atoms with Crippen molar-refractivity contribution in [2.45, 2.75) is 4.90 Å². The SMILES string of the molecule is COc1ccc2cc(/C=N\NC(=O)CN(c3cc(Cl)ccc3OC)S(=O)(=O)c3ccccc3)c(Cl)nc2c1. The van der Waals surface area contributed by atoms with E-state index in [1.807, 2.05) is 6.07 Å². The smallest absolute Gasteiger partial charge is 0.264 e. The molecule has 9 nitrogen and oxygen atoms in total. The number of hydrogen-bond donors (Lipinski definition) is 1. The molecule has 0 fully saturated rings. The Labute approximate surface area is 229 Å². The van der Waals surface area contributed by atoms with Crippen LogP contribution in [0.15, 0.2) is 82.8 Å². The molecule has 0 aliphatic rings. The number of methoxy groups -OCH3 is 2. The molecule has 196 valence electrons. The number of halogens is 2. The number of nitrogens with zero attached hydrogens (tertiary/aromatic N) is 3. The zero-order valence-corrected chi connectivity index (χ0v) is 22.6. The molecule has 0 radical (unpaired) electrons. The van der Waals surface area contributed by atoms with Gasteiger partial charge in [-0.05, 0) is 48.5 Å². The molecule has 0 bridgehead atoms. The number of nitrogens with one attached hydrogen (secondary N) is 1. The lowest BCUT2D eigenvalue weighted by atomic mass is 10.1. The molecule has 1 amide bonds. The van der Waals surface area contributed by atoms with Crippen molar-refractivity contribution in [1.82, 2.24) is 10.4 Å². The zero-order chi connectivity index (χ0) is 27.3. The lowest BCUT2D eigenvalue weighted by molar-refractivity contribution is -0.119. The van der Waals surface area contributed by atoms with Crippen molar-refractivity contribution in [2.24, 2.45) is 5.10 Å². The summed E-state index contributed by atoms with van der Waals surface area (Å²) in [5.74, 6) is 0.148. The van der Waals surface area contributed by atoms with Crippen LogP contribution < -0.4 is 19.2 Å². The number of fused-ring (bicyclic) bond motifs is 1. The summed E-state index contributed by atoms with van der Waals surface area (Å²) in [6, 6.07) is 19.3. The Kier molecular flexibility index (Phi) is 8.35. The summed E-state index contributed by atoms with van der Waals surface area (Å²) in [6.45, 7) is -0.602. The van der Waals surface area contributed by atoms with Gasteiger partial charge in [-0.25, -0.2) is 18.8 Å². The Hall–Kier alpha value is -3.86. The highest BCUT2D eigenvalue weighted by Crippen LogP contribution is 2.34. The second-order valence-corrected chi connectivity index (χ2v) is 10.5. The Morgan fingerprint density at radius 3 is 2.50 bits per heavy atom. The molecule has 0 saturated carbocycles. The molecule has 0 saturated heterocycles. The summed E-state index contributed by atoms with van der Waals surface area (Å²) >= 11 is 12.4. The van der Waals surface area contributed by atoms with Crippen molar-refractivity contribution in [1.29, 1.82) is 0 Å². The average Bonchev–Trinajstić information content (AvgIpc) is 2.92. The minimum Gasteiger partial charge on any atom is -0.497 e. The normalized spacial score (nSPS) is 11.5. The van der Waals surface area contributed by atoms with E-state index in [9.17, 15) is 13.2 Å². The fourth-order valence-electron chi connectivity index (χ4n) is 3.57. The third-order valence-electron chi connectivity index (χ3n) is 5.43. The van der Waals surface area contributed by atoms with E-state index in [1.54, 1.807) is 49.6 Å². The second-order valence-electron chi connectivity index (χ2n) is 7.86. The van der Waals surface area contributed by atoms with E-state index in [-0.39, 0.29) is 26.5 Å². The predicted octanol–water partition coefficient (Wildman–Crippen LogP) is 4.90. The largest absolute Gasteiger partial charge is 0.497 e. The van der Waals surface area contributed by atoms with Crippen molar-refractivity contribution in [3.8, 4) is 11.5 Å². The van der Waals surface area contributed by atoms with Gasteiger partial charge in [0, 0.05) is 22.0 Å². The lowest BCUT2D eigenvalue weighted by Gasteiger charge is -2.25. The van der Waals surface area contributed by atoms with Gasteiger partial charge in [-0.1, -0.05) is 41.4 Å². The summed E-state index contributed by atoms with van der Waals surface area (Å²) in [5.41, 5.74) is 3.53. The van der Waals surface area contributed by atoms with Crippen molar-refractivity contribution in [3.63, 3.8) is 0 Å². The number of anilines is 1. The number of carbonyl (C=O) groups is 1. The Balaban J connectivity index is 1.60. The topological polar surface area (TPSA) is 110 Å². The van der Waals surface area contributed by atoms with E-state index < -0.39 is 22.5 Å². The highest BCUT2D eigenvalue weighted by molar-refractivity contribution is 7.92. The van der Waals surface area contributed by atoms with Crippen LogP contribution >= 0.6 is 23.2 Å². The van der Waals surface area contributed by atoms with Gasteiger partial charge in [0.05, 0.1) is 36.5 Å². The molecule has 0 aliphatic heterocycles. The summed E-state index contributed by atoms with van der Waals surface area (Å²) in [4.78, 5) is 17.2. The Morgan fingerprint density at radius 1 is 1.03 bits per heavy atom. The summed E-state index contributed by atoms with van der Waals surface area (Å²) in [5, 5.41) is 5.17. The highest BCUT2D eigenvalue weighted by Gasteiger charge is 2.29. The summed E-state index contributed by atoms with van der Waals surface area (Å²) in [7, 11) is -1.22. The maximum Gasteiger partial charge on any atom is 0.264 e. The molecule has 0 aliphatic carbocycles. The molecule has 0 atom stereocenters.